The minimum Gasteiger partial charge on any atom is -0.342 e. The van der Waals surface area contributed by atoms with E-state index in [1.165, 1.54) is 12.8 Å². The average Bonchev–Trinajstić information content (AvgIpc) is 3.30. The highest BCUT2D eigenvalue weighted by molar-refractivity contribution is 14.1. The van der Waals surface area contributed by atoms with Crippen LogP contribution in [-0.2, 0) is 0 Å². The number of aromatic amines is 1. The summed E-state index contributed by atoms with van der Waals surface area (Å²) in [7, 11) is 0. The molecule has 25 heavy (non-hydrogen) atoms. The maximum atomic E-state index is 12.9. The maximum Gasteiger partial charge on any atom is 0.251 e. The Balaban J connectivity index is 1.61. The molecule has 0 saturated heterocycles. The fraction of sp³-hybridized carbons (Fsp3) is 0.333. The summed E-state index contributed by atoms with van der Waals surface area (Å²) < 4.78 is 0.862. The number of benzene rings is 1. The van der Waals surface area contributed by atoms with Crippen molar-refractivity contribution in [3.05, 3.63) is 51.7 Å². The lowest BCUT2D eigenvalue weighted by Crippen LogP contribution is -2.34. The van der Waals surface area contributed by atoms with Crippen LogP contribution in [0.4, 0.5) is 0 Å². The molecule has 1 aromatic carbocycles. The van der Waals surface area contributed by atoms with Gasteiger partial charge in [0.05, 0.1) is 11.6 Å². The van der Waals surface area contributed by atoms with Crippen LogP contribution in [0.3, 0.4) is 0 Å². The monoisotopic (exact) mass is 447 g/mol. The van der Waals surface area contributed by atoms with Gasteiger partial charge in [-0.15, -0.1) is 0 Å². The number of nitrogens with zero attached hydrogens (tertiary/aromatic N) is 3. The van der Waals surface area contributed by atoms with Crippen molar-refractivity contribution in [2.24, 2.45) is 5.92 Å². The molecule has 2 N–H and O–H groups in total. The zero-order valence-corrected chi connectivity index (χ0v) is 15.7. The molecular weight excluding hydrogens is 429 g/mol. The number of carbonyl (C=O) groups is 1. The molecule has 2 heterocycles. The van der Waals surface area contributed by atoms with Crippen molar-refractivity contribution in [2.75, 3.05) is 0 Å². The molecule has 1 aliphatic carbocycles. The molecule has 1 aliphatic rings. The van der Waals surface area contributed by atoms with Gasteiger partial charge < -0.3 is 5.32 Å². The smallest absolute Gasteiger partial charge is 0.251 e. The molecule has 0 radical (unpaired) electrons. The van der Waals surface area contributed by atoms with E-state index in [9.17, 15) is 4.79 Å². The number of fused-ring (bicyclic) bond motifs is 1. The number of amides is 1. The molecule has 7 heteroatoms. The van der Waals surface area contributed by atoms with Crippen LogP contribution in [0.25, 0.3) is 10.9 Å². The van der Waals surface area contributed by atoms with Gasteiger partial charge in [-0.25, -0.2) is 9.97 Å². The Morgan fingerprint density at radius 3 is 2.76 bits per heavy atom. The predicted octanol–water partition coefficient (Wildman–Crippen LogP) is 3.62. The summed E-state index contributed by atoms with van der Waals surface area (Å²) in [6.45, 7) is 0. The van der Waals surface area contributed by atoms with Gasteiger partial charge in [-0.05, 0) is 65.6 Å². The zero-order chi connectivity index (χ0) is 17.2. The van der Waals surface area contributed by atoms with Crippen LogP contribution in [0.15, 0.2) is 36.7 Å². The summed E-state index contributed by atoms with van der Waals surface area (Å²) in [5.74, 6) is 0.995. The molecule has 128 valence electrons. The van der Waals surface area contributed by atoms with Crippen LogP contribution in [-0.4, -0.2) is 26.1 Å². The Labute approximate surface area is 159 Å². The zero-order valence-electron chi connectivity index (χ0n) is 13.6. The number of halogens is 1. The fourth-order valence-corrected chi connectivity index (χ4v) is 4.07. The second kappa shape index (κ2) is 7.07. The summed E-state index contributed by atoms with van der Waals surface area (Å²) >= 11 is 2.16. The van der Waals surface area contributed by atoms with Crippen LogP contribution in [0.2, 0.25) is 0 Å². The highest BCUT2D eigenvalue weighted by Gasteiger charge is 2.30. The van der Waals surface area contributed by atoms with E-state index in [0.717, 1.165) is 27.4 Å². The third-order valence-electron chi connectivity index (χ3n) is 4.80. The van der Waals surface area contributed by atoms with Crippen molar-refractivity contribution >= 4 is 39.4 Å². The van der Waals surface area contributed by atoms with Crippen molar-refractivity contribution in [3.8, 4) is 0 Å². The number of hydrogen-bond acceptors (Lipinski definition) is 4. The summed E-state index contributed by atoms with van der Waals surface area (Å²) in [6, 6.07) is 7.25. The number of nitrogens with one attached hydrogen (secondary N) is 2. The number of aromatic nitrogens is 4. The van der Waals surface area contributed by atoms with Gasteiger partial charge in [-0.1, -0.05) is 12.8 Å². The molecule has 6 nitrogen and oxygen atoms in total. The number of rotatable bonds is 4. The summed E-state index contributed by atoms with van der Waals surface area (Å²) in [5.41, 5.74) is 1.56. The van der Waals surface area contributed by atoms with Gasteiger partial charge in [0.2, 0.25) is 0 Å². The van der Waals surface area contributed by atoms with E-state index in [0.29, 0.717) is 17.3 Å². The van der Waals surface area contributed by atoms with Crippen molar-refractivity contribution in [1.82, 2.24) is 25.5 Å². The standard InChI is InChI=1S/C18H18IN5O/c19-16-13-10-12(6-7-14(13)23-24-16)18(25)22-15(11-4-1-2-5-11)17-20-8-3-9-21-17/h3,6-11,15H,1-2,4-5H2,(H,22,25)(H,23,24)/t15-/m0/s1. The largest absolute Gasteiger partial charge is 0.342 e. The SMILES string of the molecule is O=C(N[C@H](c1ncccn1)C1CCCC1)c1ccc2[nH]nc(I)c2c1. The molecule has 1 fully saturated rings. The fourth-order valence-electron chi connectivity index (χ4n) is 3.50. The summed E-state index contributed by atoms with van der Waals surface area (Å²) in [4.78, 5) is 21.6. The molecule has 1 atom stereocenters. The third-order valence-corrected chi connectivity index (χ3v) is 5.62. The molecule has 0 spiro atoms. The van der Waals surface area contributed by atoms with Crippen molar-refractivity contribution in [1.29, 1.82) is 0 Å². The summed E-state index contributed by atoms with van der Waals surface area (Å²) in [5, 5.41) is 11.3. The Bertz CT molecular complexity index is 889. The van der Waals surface area contributed by atoms with Crippen LogP contribution >= 0.6 is 22.6 Å². The topological polar surface area (TPSA) is 83.6 Å². The first kappa shape index (κ1) is 16.4. The van der Waals surface area contributed by atoms with Gasteiger partial charge in [-0.2, -0.15) is 5.10 Å². The lowest BCUT2D eigenvalue weighted by Gasteiger charge is -2.23. The quantitative estimate of drug-likeness (QED) is 0.599. The number of carbonyl (C=O) groups excluding carboxylic acids is 1. The first-order valence-electron chi connectivity index (χ1n) is 8.44. The molecule has 0 aliphatic heterocycles. The molecule has 4 rings (SSSR count). The van der Waals surface area contributed by atoms with Gasteiger partial charge in [0, 0.05) is 23.3 Å². The van der Waals surface area contributed by atoms with Crippen molar-refractivity contribution in [3.63, 3.8) is 0 Å². The van der Waals surface area contributed by atoms with Gasteiger partial charge in [0.15, 0.2) is 5.82 Å². The van der Waals surface area contributed by atoms with Crippen LogP contribution in [0.1, 0.15) is 47.9 Å². The van der Waals surface area contributed by atoms with E-state index in [1.807, 2.05) is 18.2 Å². The lowest BCUT2D eigenvalue weighted by molar-refractivity contribution is 0.0919. The second-order valence-electron chi connectivity index (χ2n) is 6.38. The molecule has 2 aromatic heterocycles. The third kappa shape index (κ3) is 3.37. The molecule has 3 aromatic rings. The Kier molecular flexibility index (Phi) is 4.65. The first-order chi connectivity index (χ1) is 12.2. The van der Waals surface area contributed by atoms with Crippen molar-refractivity contribution in [2.45, 2.75) is 31.7 Å². The molecule has 1 amide bonds. The number of H-pyrrole nitrogens is 1. The Morgan fingerprint density at radius 2 is 2.00 bits per heavy atom. The van der Waals surface area contributed by atoms with E-state index >= 15 is 0 Å². The molecular formula is C18H18IN5O. The van der Waals surface area contributed by atoms with E-state index in [-0.39, 0.29) is 11.9 Å². The summed E-state index contributed by atoms with van der Waals surface area (Å²) in [6.07, 6.45) is 8.06. The van der Waals surface area contributed by atoms with Crippen LogP contribution < -0.4 is 5.32 Å². The minimum absolute atomic E-state index is 0.0942. The van der Waals surface area contributed by atoms with Crippen molar-refractivity contribution < 1.29 is 4.79 Å². The highest BCUT2D eigenvalue weighted by atomic mass is 127. The van der Waals surface area contributed by atoms with Gasteiger partial charge in [0.25, 0.3) is 5.91 Å². The highest BCUT2D eigenvalue weighted by Crippen LogP contribution is 2.34. The maximum absolute atomic E-state index is 12.9. The van der Waals surface area contributed by atoms with Crippen LogP contribution in [0, 0.1) is 9.62 Å². The van der Waals surface area contributed by atoms with E-state index in [4.69, 9.17) is 0 Å². The predicted molar refractivity (Wildman–Crippen MR) is 103 cm³/mol. The second-order valence-corrected chi connectivity index (χ2v) is 7.40. The molecule has 0 bridgehead atoms. The lowest BCUT2D eigenvalue weighted by atomic mass is 9.96. The van der Waals surface area contributed by atoms with Crippen LogP contribution in [0.5, 0.6) is 0 Å². The van der Waals surface area contributed by atoms with E-state index in [1.54, 1.807) is 18.5 Å². The van der Waals surface area contributed by atoms with E-state index < -0.39 is 0 Å². The normalized spacial score (nSPS) is 16.2. The molecule has 0 unspecified atom stereocenters. The van der Waals surface area contributed by atoms with Gasteiger partial charge in [-0.3, -0.25) is 9.89 Å². The van der Waals surface area contributed by atoms with Gasteiger partial charge in [0.1, 0.15) is 3.70 Å². The van der Waals surface area contributed by atoms with Gasteiger partial charge >= 0.3 is 0 Å². The minimum atomic E-state index is -0.143. The Morgan fingerprint density at radius 1 is 1.24 bits per heavy atom. The van der Waals surface area contributed by atoms with E-state index in [2.05, 4.69) is 48.1 Å². The Hall–Kier alpha value is -2.03. The molecule has 1 saturated carbocycles. The average molecular weight is 447 g/mol. The number of hydrogen-bond donors (Lipinski definition) is 2. The first-order valence-corrected chi connectivity index (χ1v) is 9.51.